The van der Waals surface area contributed by atoms with Gasteiger partial charge in [-0.1, -0.05) is 31.4 Å². The maximum Gasteiger partial charge on any atom is 0.416 e. The van der Waals surface area contributed by atoms with Crippen LogP contribution in [0.1, 0.15) is 68.1 Å². The van der Waals surface area contributed by atoms with Crippen LogP contribution in [0.3, 0.4) is 0 Å². The molecule has 0 saturated heterocycles. The Bertz CT molecular complexity index is 778. The first-order valence-electron chi connectivity index (χ1n) is 10.1. The predicted molar refractivity (Wildman–Crippen MR) is 102 cm³/mol. The lowest BCUT2D eigenvalue weighted by Gasteiger charge is -2.16. The minimum Gasteiger partial charge on any atom is -0.481 e. The molecule has 0 spiro atoms. The van der Waals surface area contributed by atoms with Crippen molar-refractivity contribution in [3.63, 3.8) is 0 Å². The number of ketones is 1. The van der Waals surface area contributed by atoms with Crippen molar-refractivity contribution in [1.82, 2.24) is 0 Å². The van der Waals surface area contributed by atoms with Crippen LogP contribution in [-0.2, 0) is 21.9 Å². The van der Waals surface area contributed by atoms with Crippen LogP contribution in [0.5, 0.6) is 0 Å². The summed E-state index contributed by atoms with van der Waals surface area (Å²) >= 11 is 0. The number of unbranched alkanes of at least 4 members (excludes halogenated alkanes) is 3. The maximum absolute atomic E-state index is 13.0. The average molecular weight is 450 g/mol. The Labute approximate surface area is 176 Å². The predicted octanol–water partition coefficient (Wildman–Crippen LogP) is 6.76. The molecule has 1 aromatic rings. The van der Waals surface area contributed by atoms with Gasteiger partial charge < -0.3 is 5.11 Å². The number of carbonyl (C=O) groups is 2. The van der Waals surface area contributed by atoms with Crippen LogP contribution in [0.2, 0.25) is 0 Å². The molecule has 0 bridgehead atoms. The number of alkyl halides is 6. The first-order valence-corrected chi connectivity index (χ1v) is 10.1. The monoisotopic (exact) mass is 450 g/mol. The van der Waals surface area contributed by atoms with Crippen LogP contribution in [0, 0.1) is 11.8 Å². The highest BCUT2D eigenvalue weighted by Gasteiger charge is 2.37. The molecule has 1 aromatic carbocycles. The third kappa shape index (κ3) is 7.70. The highest BCUT2D eigenvalue weighted by Crippen LogP contribution is 2.38. The smallest absolute Gasteiger partial charge is 0.416 e. The van der Waals surface area contributed by atoms with Crippen LogP contribution < -0.4 is 0 Å². The van der Waals surface area contributed by atoms with E-state index >= 15 is 0 Å². The van der Waals surface area contributed by atoms with Gasteiger partial charge in [-0.2, -0.15) is 26.3 Å². The normalized spacial score (nSPS) is 20.0. The van der Waals surface area contributed by atoms with Gasteiger partial charge in [0.15, 0.2) is 0 Å². The van der Waals surface area contributed by atoms with Crippen LogP contribution in [-0.4, -0.2) is 16.9 Å². The topological polar surface area (TPSA) is 54.4 Å². The van der Waals surface area contributed by atoms with Gasteiger partial charge in [0.05, 0.1) is 11.1 Å². The SMILES string of the molecule is O=C(O)CCCCCC[C@@H]1C(=O)CC[C@H]1C=Cc1cc(C(F)(F)F)cc(C(F)(F)F)c1. The van der Waals surface area contributed by atoms with Gasteiger partial charge in [0.25, 0.3) is 0 Å². The third-order valence-corrected chi connectivity index (χ3v) is 5.46. The highest BCUT2D eigenvalue weighted by atomic mass is 19.4. The Morgan fingerprint density at radius 1 is 0.968 bits per heavy atom. The lowest BCUT2D eigenvalue weighted by atomic mass is 9.89. The summed E-state index contributed by atoms with van der Waals surface area (Å²) in [6, 6.07) is 1.42. The van der Waals surface area contributed by atoms with Gasteiger partial charge in [-0.3, -0.25) is 9.59 Å². The van der Waals surface area contributed by atoms with Crippen LogP contribution in [0.15, 0.2) is 24.3 Å². The van der Waals surface area contributed by atoms with Gasteiger partial charge in [0, 0.05) is 18.8 Å². The zero-order valence-corrected chi connectivity index (χ0v) is 16.7. The van der Waals surface area contributed by atoms with E-state index in [2.05, 4.69) is 0 Å². The summed E-state index contributed by atoms with van der Waals surface area (Å²) in [6.45, 7) is 0. The molecule has 1 fully saturated rings. The molecule has 1 aliphatic carbocycles. The number of rotatable bonds is 9. The summed E-state index contributed by atoms with van der Waals surface area (Å²) in [4.78, 5) is 22.7. The average Bonchev–Trinajstić information content (AvgIpc) is 3.00. The van der Waals surface area contributed by atoms with Crippen molar-refractivity contribution in [3.05, 3.63) is 41.0 Å². The number of allylic oxidation sites excluding steroid dienone is 1. The number of carbonyl (C=O) groups excluding carboxylic acids is 1. The third-order valence-electron chi connectivity index (χ3n) is 5.46. The van der Waals surface area contributed by atoms with E-state index in [4.69, 9.17) is 5.11 Å². The summed E-state index contributed by atoms with van der Waals surface area (Å²) in [6.07, 6.45) is -2.82. The van der Waals surface area contributed by atoms with E-state index in [0.717, 1.165) is 12.8 Å². The lowest BCUT2D eigenvalue weighted by Crippen LogP contribution is -2.13. The molecule has 1 saturated carbocycles. The van der Waals surface area contributed by atoms with Gasteiger partial charge in [-0.25, -0.2) is 0 Å². The number of Topliss-reactive ketones (excluding diaryl/α,β-unsaturated/α-hetero) is 1. The van der Waals surface area contributed by atoms with Gasteiger partial charge in [-0.15, -0.1) is 0 Å². The van der Waals surface area contributed by atoms with Crippen molar-refractivity contribution in [2.45, 2.75) is 63.7 Å². The fraction of sp³-hybridized carbons (Fsp3) is 0.545. The van der Waals surface area contributed by atoms with Gasteiger partial charge in [-0.05, 0) is 48.9 Å². The van der Waals surface area contributed by atoms with Crippen molar-refractivity contribution in [2.75, 3.05) is 0 Å². The first kappa shape index (κ1) is 24.9. The number of hydrogen-bond acceptors (Lipinski definition) is 2. The molecular formula is C22H24F6O3. The van der Waals surface area contributed by atoms with E-state index in [0.29, 0.717) is 44.2 Å². The molecule has 1 N–H and O–H groups in total. The van der Waals surface area contributed by atoms with Crippen LogP contribution in [0.4, 0.5) is 26.3 Å². The second-order valence-corrected chi connectivity index (χ2v) is 7.82. The summed E-state index contributed by atoms with van der Waals surface area (Å²) in [5, 5.41) is 8.61. The Kier molecular flexibility index (Phi) is 8.31. The van der Waals surface area contributed by atoms with Gasteiger partial charge in [0.2, 0.25) is 0 Å². The number of carboxylic acid groups (broad SMARTS) is 1. The largest absolute Gasteiger partial charge is 0.481 e. The molecule has 0 amide bonds. The van der Waals surface area contributed by atoms with Crippen molar-refractivity contribution < 1.29 is 41.0 Å². The van der Waals surface area contributed by atoms with Gasteiger partial charge >= 0.3 is 18.3 Å². The van der Waals surface area contributed by atoms with Crippen molar-refractivity contribution in [3.8, 4) is 0 Å². The molecule has 0 heterocycles. The Morgan fingerprint density at radius 2 is 1.55 bits per heavy atom. The summed E-state index contributed by atoms with van der Waals surface area (Å²) < 4.78 is 78.0. The summed E-state index contributed by atoms with van der Waals surface area (Å²) in [5.41, 5.74) is -2.96. The van der Waals surface area contributed by atoms with Crippen LogP contribution >= 0.6 is 0 Å². The van der Waals surface area contributed by atoms with E-state index in [1.165, 1.54) is 12.2 Å². The van der Waals surface area contributed by atoms with E-state index in [9.17, 15) is 35.9 Å². The minimum atomic E-state index is -4.91. The van der Waals surface area contributed by atoms with E-state index in [1.54, 1.807) is 0 Å². The molecular weight excluding hydrogens is 426 g/mol. The van der Waals surface area contributed by atoms with Crippen molar-refractivity contribution >= 4 is 17.8 Å². The van der Waals surface area contributed by atoms with Gasteiger partial charge in [0.1, 0.15) is 5.78 Å². The maximum atomic E-state index is 13.0. The summed E-state index contributed by atoms with van der Waals surface area (Å²) in [5.74, 6) is -1.38. The molecule has 172 valence electrons. The van der Waals surface area contributed by atoms with E-state index in [-0.39, 0.29) is 35.7 Å². The second-order valence-electron chi connectivity index (χ2n) is 7.82. The van der Waals surface area contributed by atoms with E-state index < -0.39 is 29.4 Å². The number of aliphatic carboxylic acids is 1. The molecule has 0 unspecified atom stereocenters. The van der Waals surface area contributed by atoms with E-state index in [1.807, 2.05) is 0 Å². The highest BCUT2D eigenvalue weighted by molar-refractivity contribution is 5.84. The molecule has 9 heteroatoms. The van der Waals surface area contributed by atoms with Crippen molar-refractivity contribution in [1.29, 1.82) is 0 Å². The van der Waals surface area contributed by atoms with Crippen molar-refractivity contribution in [2.24, 2.45) is 11.8 Å². The molecule has 2 rings (SSSR count). The molecule has 0 aromatic heterocycles. The molecule has 3 nitrogen and oxygen atoms in total. The molecule has 31 heavy (non-hydrogen) atoms. The number of halogens is 6. The lowest BCUT2D eigenvalue weighted by molar-refractivity contribution is -0.143. The first-order chi connectivity index (χ1) is 14.4. The fourth-order valence-electron chi connectivity index (χ4n) is 3.84. The standard InChI is InChI=1S/C22H24F6O3/c23-21(24,25)16-11-14(12-17(13-16)22(26,27)28)7-8-15-9-10-19(29)18(15)5-3-1-2-4-6-20(30)31/h7-8,11-13,15,18H,1-6,9-10H2,(H,30,31)/t15-,18+/m1/s1. The number of hydrogen-bond donors (Lipinski definition) is 1. The Hall–Kier alpha value is -2.32. The molecule has 0 radical (unpaired) electrons. The second kappa shape index (κ2) is 10.3. The molecule has 2 atom stereocenters. The minimum absolute atomic E-state index is 0.0419. The zero-order valence-electron chi connectivity index (χ0n) is 16.7. The summed E-state index contributed by atoms with van der Waals surface area (Å²) in [7, 11) is 0. The quantitative estimate of drug-likeness (QED) is 0.334. The fourth-order valence-corrected chi connectivity index (χ4v) is 3.84. The van der Waals surface area contributed by atoms with Crippen LogP contribution in [0.25, 0.3) is 6.08 Å². The number of benzene rings is 1. The Morgan fingerprint density at radius 3 is 2.10 bits per heavy atom. The molecule has 1 aliphatic rings. The number of carboxylic acids is 1. The Balaban J connectivity index is 2.07. The zero-order chi connectivity index (χ0) is 23.2. The molecule has 0 aliphatic heterocycles.